The molecule has 0 spiro atoms. The summed E-state index contributed by atoms with van der Waals surface area (Å²) in [6.45, 7) is 5.44. The fourth-order valence-corrected chi connectivity index (χ4v) is 2.93. The lowest BCUT2D eigenvalue weighted by atomic mass is 9.99. The van der Waals surface area contributed by atoms with Crippen LogP contribution in [-0.4, -0.2) is 36.2 Å². The number of nitrogens with zero attached hydrogens (tertiary/aromatic N) is 2. The van der Waals surface area contributed by atoms with Crippen LogP contribution in [0.5, 0.6) is 5.75 Å². The summed E-state index contributed by atoms with van der Waals surface area (Å²) < 4.78 is 10.7. The molecule has 1 aromatic heterocycles. The predicted molar refractivity (Wildman–Crippen MR) is 87.3 cm³/mol. The van der Waals surface area contributed by atoms with E-state index in [2.05, 4.69) is 5.16 Å². The highest BCUT2D eigenvalue weighted by molar-refractivity contribution is 5.91. The van der Waals surface area contributed by atoms with Gasteiger partial charge in [0.1, 0.15) is 5.75 Å². The van der Waals surface area contributed by atoms with Gasteiger partial charge in [0.05, 0.1) is 18.2 Å². The van der Waals surface area contributed by atoms with Crippen LogP contribution < -0.4 is 4.74 Å². The number of amides is 1. The van der Waals surface area contributed by atoms with Crippen LogP contribution in [0.25, 0.3) is 11.3 Å². The topological polar surface area (TPSA) is 55.6 Å². The van der Waals surface area contributed by atoms with Gasteiger partial charge >= 0.3 is 0 Å². The number of ether oxygens (including phenoxy) is 1. The van der Waals surface area contributed by atoms with E-state index in [0.29, 0.717) is 5.76 Å². The van der Waals surface area contributed by atoms with E-state index < -0.39 is 5.41 Å². The molecule has 1 heterocycles. The highest BCUT2D eigenvalue weighted by Crippen LogP contribution is 2.49. The van der Waals surface area contributed by atoms with Crippen molar-refractivity contribution in [3.05, 3.63) is 36.0 Å². The molecule has 0 N–H and O–H groups in total. The number of hydrogen-bond donors (Lipinski definition) is 0. The molecule has 0 saturated heterocycles. The number of likely N-dealkylation sites (N-methyl/N-ethyl adjacent to an activating group) is 1. The van der Waals surface area contributed by atoms with Crippen LogP contribution in [0.2, 0.25) is 0 Å². The molecule has 0 unspecified atom stereocenters. The average Bonchev–Trinajstić information content (AvgIpc) is 3.25. The summed E-state index contributed by atoms with van der Waals surface area (Å²) in [6, 6.07) is 9.52. The van der Waals surface area contributed by atoms with Crippen molar-refractivity contribution in [1.29, 1.82) is 0 Å². The zero-order valence-electron chi connectivity index (χ0n) is 13.8. The first-order valence-corrected chi connectivity index (χ1v) is 8.05. The summed E-state index contributed by atoms with van der Waals surface area (Å²) in [5, 5.41) is 4.19. The van der Waals surface area contributed by atoms with E-state index in [4.69, 9.17) is 9.26 Å². The second kappa shape index (κ2) is 6.07. The summed E-state index contributed by atoms with van der Waals surface area (Å²) in [5.41, 5.74) is 1.16. The van der Waals surface area contributed by atoms with E-state index in [0.717, 1.165) is 42.9 Å². The van der Waals surface area contributed by atoms with E-state index in [9.17, 15) is 4.79 Å². The molecule has 1 saturated carbocycles. The van der Waals surface area contributed by atoms with Gasteiger partial charge in [0.15, 0.2) is 5.76 Å². The molecular formula is C18H22N2O3. The van der Waals surface area contributed by atoms with Gasteiger partial charge in [-0.25, -0.2) is 0 Å². The van der Waals surface area contributed by atoms with Crippen molar-refractivity contribution in [2.75, 3.05) is 20.2 Å². The number of methoxy groups -OCH3 is 1. The molecule has 1 fully saturated rings. The van der Waals surface area contributed by atoms with Gasteiger partial charge in [-0.15, -0.1) is 0 Å². The van der Waals surface area contributed by atoms with E-state index in [1.165, 1.54) is 0 Å². The SMILES string of the molecule is CCN(CC)C(=O)C1(c2cc(-c3cccc(OC)c3)on2)CC1. The number of carbonyl (C=O) groups excluding carboxylic acids is 1. The van der Waals surface area contributed by atoms with Gasteiger partial charge in [0, 0.05) is 24.7 Å². The maximum absolute atomic E-state index is 12.8. The summed E-state index contributed by atoms with van der Waals surface area (Å²) in [7, 11) is 1.63. The van der Waals surface area contributed by atoms with E-state index >= 15 is 0 Å². The van der Waals surface area contributed by atoms with Crippen LogP contribution in [0.15, 0.2) is 34.9 Å². The molecule has 5 heteroatoms. The van der Waals surface area contributed by atoms with Crippen LogP contribution >= 0.6 is 0 Å². The quantitative estimate of drug-likeness (QED) is 0.821. The second-order valence-electron chi connectivity index (χ2n) is 5.87. The predicted octanol–water partition coefficient (Wildman–Crippen LogP) is 3.25. The van der Waals surface area contributed by atoms with Crippen molar-refractivity contribution >= 4 is 5.91 Å². The third kappa shape index (κ3) is 2.71. The maximum atomic E-state index is 12.8. The normalized spacial score (nSPS) is 15.3. The number of rotatable bonds is 6. The Bertz CT molecular complexity index is 700. The van der Waals surface area contributed by atoms with Gasteiger partial charge in [0.25, 0.3) is 0 Å². The van der Waals surface area contributed by atoms with Crippen molar-refractivity contribution in [1.82, 2.24) is 10.1 Å². The van der Waals surface area contributed by atoms with Gasteiger partial charge in [-0.2, -0.15) is 0 Å². The minimum absolute atomic E-state index is 0.160. The van der Waals surface area contributed by atoms with E-state index in [1.54, 1.807) is 7.11 Å². The standard InChI is InChI=1S/C18H22N2O3/c1-4-20(5-2)17(21)18(9-10-18)16-12-15(23-19-16)13-7-6-8-14(11-13)22-3/h6-8,11-12H,4-5,9-10H2,1-3H3. The van der Waals surface area contributed by atoms with Crippen molar-refractivity contribution < 1.29 is 14.1 Å². The molecule has 1 aromatic carbocycles. The lowest BCUT2D eigenvalue weighted by molar-refractivity contribution is -0.133. The monoisotopic (exact) mass is 314 g/mol. The molecule has 1 amide bonds. The molecule has 1 aliphatic rings. The van der Waals surface area contributed by atoms with Crippen LogP contribution in [-0.2, 0) is 10.2 Å². The molecule has 0 radical (unpaired) electrons. The first-order valence-electron chi connectivity index (χ1n) is 8.05. The lowest BCUT2D eigenvalue weighted by Gasteiger charge is -2.23. The average molecular weight is 314 g/mol. The molecule has 122 valence electrons. The van der Waals surface area contributed by atoms with Crippen molar-refractivity contribution in [2.45, 2.75) is 32.1 Å². The molecule has 5 nitrogen and oxygen atoms in total. The molecule has 0 bridgehead atoms. The molecule has 0 atom stereocenters. The Hall–Kier alpha value is -2.30. The van der Waals surface area contributed by atoms with Crippen molar-refractivity contribution in [2.24, 2.45) is 0 Å². The van der Waals surface area contributed by atoms with Crippen LogP contribution in [0.1, 0.15) is 32.4 Å². The van der Waals surface area contributed by atoms with Gasteiger partial charge in [-0.1, -0.05) is 17.3 Å². The molecular weight excluding hydrogens is 292 g/mol. The zero-order valence-corrected chi connectivity index (χ0v) is 13.8. The van der Waals surface area contributed by atoms with Crippen molar-refractivity contribution in [3.63, 3.8) is 0 Å². The van der Waals surface area contributed by atoms with Gasteiger partial charge in [-0.3, -0.25) is 4.79 Å². The van der Waals surface area contributed by atoms with Crippen molar-refractivity contribution in [3.8, 4) is 17.1 Å². The summed E-state index contributed by atoms with van der Waals surface area (Å²) in [4.78, 5) is 14.6. The van der Waals surface area contributed by atoms with Crippen LogP contribution in [0.3, 0.4) is 0 Å². The number of hydrogen-bond acceptors (Lipinski definition) is 4. The van der Waals surface area contributed by atoms with Gasteiger partial charge < -0.3 is 14.2 Å². The molecule has 1 aliphatic carbocycles. The Morgan fingerprint density at radius 1 is 1.30 bits per heavy atom. The number of benzene rings is 1. The first kappa shape index (κ1) is 15.6. The zero-order chi connectivity index (χ0) is 16.4. The molecule has 2 aromatic rings. The van der Waals surface area contributed by atoms with E-state index in [-0.39, 0.29) is 5.91 Å². The third-order valence-corrected chi connectivity index (χ3v) is 4.56. The summed E-state index contributed by atoms with van der Waals surface area (Å²) >= 11 is 0. The summed E-state index contributed by atoms with van der Waals surface area (Å²) in [6.07, 6.45) is 1.68. The largest absolute Gasteiger partial charge is 0.497 e. The number of carbonyl (C=O) groups is 1. The molecule has 23 heavy (non-hydrogen) atoms. The highest BCUT2D eigenvalue weighted by atomic mass is 16.5. The maximum Gasteiger partial charge on any atom is 0.234 e. The van der Waals surface area contributed by atoms with Crippen LogP contribution in [0.4, 0.5) is 0 Å². The third-order valence-electron chi connectivity index (χ3n) is 4.56. The van der Waals surface area contributed by atoms with Gasteiger partial charge in [-0.05, 0) is 38.8 Å². The lowest BCUT2D eigenvalue weighted by Crippen LogP contribution is -2.39. The number of aromatic nitrogens is 1. The highest BCUT2D eigenvalue weighted by Gasteiger charge is 2.55. The fraction of sp³-hybridized carbons (Fsp3) is 0.444. The molecule has 3 rings (SSSR count). The Labute approximate surface area is 136 Å². The first-order chi connectivity index (χ1) is 11.1. The fourth-order valence-electron chi connectivity index (χ4n) is 2.93. The molecule has 0 aliphatic heterocycles. The van der Waals surface area contributed by atoms with E-state index in [1.807, 2.05) is 49.1 Å². The van der Waals surface area contributed by atoms with Gasteiger partial charge in [0.2, 0.25) is 5.91 Å². The minimum atomic E-state index is -0.480. The van der Waals surface area contributed by atoms with Crippen LogP contribution in [0, 0.1) is 0 Å². The Kier molecular flexibility index (Phi) is 4.11. The Balaban J connectivity index is 1.88. The second-order valence-corrected chi connectivity index (χ2v) is 5.87. The Morgan fingerprint density at radius 2 is 2.04 bits per heavy atom. The minimum Gasteiger partial charge on any atom is -0.497 e. The smallest absolute Gasteiger partial charge is 0.234 e. The Morgan fingerprint density at radius 3 is 2.65 bits per heavy atom. The summed E-state index contributed by atoms with van der Waals surface area (Å²) in [5.74, 6) is 1.59.